The van der Waals surface area contributed by atoms with E-state index in [2.05, 4.69) is 0 Å². The zero-order chi connectivity index (χ0) is 12.9. The van der Waals surface area contributed by atoms with Gasteiger partial charge in [-0.3, -0.25) is 0 Å². The van der Waals surface area contributed by atoms with E-state index in [1.807, 2.05) is 6.92 Å². The van der Waals surface area contributed by atoms with Gasteiger partial charge in [0.25, 0.3) is 0 Å². The number of unbranched alkanes of at least 4 members (excludes halogenated alkanes) is 2. The van der Waals surface area contributed by atoms with Crippen LogP contribution in [0.2, 0.25) is 0 Å². The highest BCUT2D eigenvalue weighted by Gasteiger charge is 2.35. The molecule has 1 rings (SSSR count). The summed E-state index contributed by atoms with van der Waals surface area (Å²) < 4.78 is 55.6. The molecule has 0 N–H and O–H groups in total. The number of rotatable bonds is 5. The molecule has 0 saturated carbocycles. The second kappa shape index (κ2) is 5.89. The molecular formula is C12H14F4O. The summed E-state index contributed by atoms with van der Waals surface area (Å²) in [6, 6.07) is 3.05. The van der Waals surface area contributed by atoms with Gasteiger partial charge in [-0.25, -0.2) is 4.39 Å². The highest BCUT2D eigenvalue weighted by atomic mass is 19.4. The Kier molecular flexibility index (Phi) is 4.78. The maximum Gasteiger partial charge on any atom is 0.419 e. The first kappa shape index (κ1) is 13.8. The molecule has 1 aromatic carbocycles. The molecule has 0 unspecified atom stereocenters. The summed E-state index contributed by atoms with van der Waals surface area (Å²) in [6.07, 6.45) is -2.12. The Morgan fingerprint density at radius 3 is 2.47 bits per heavy atom. The summed E-state index contributed by atoms with van der Waals surface area (Å²) in [5, 5.41) is 0. The Hall–Kier alpha value is -1.26. The van der Waals surface area contributed by atoms with Crippen LogP contribution in [0.3, 0.4) is 0 Å². The van der Waals surface area contributed by atoms with Crippen LogP contribution in [-0.4, -0.2) is 6.61 Å². The predicted octanol–water partition coefficient (Wildman–Crippen LogP) is 4.41. The Labute approximate surface area is 97.4 Å². The van der Waals surface area contributed by atoms with Crippen LogP contribution in [0.15, 0.2) is 18.2 Å². The number of halogens is 4. The van der Waals surface area contributed by atoms with E-state index in [4.69, 9.17) is 4.74 Å². The Bertz CT molecular complexity index is 360. The van der Waals surface area contributed by atoms with Crippen LogP contribution in [0.1, 0.15) is 31.7 Å². The molecule has 0 heterocycles. The minimum absolute atomic E-state index is 0.228. The summed E-state index contributed by atoms with van der Waals surface area (Å²) >= 11 is 0. The second-order valence-corrected chi connectivity index (χ2v) is 3.67. The largest absolute Gasteiger partial charge is 0.491 e. The van der Waals surface area contributed by atoms with Crippen molar-refractivity contribution in [3.05, 3.63) is 29.6 Å². The van der Waals surface area contributed by atoms with E-state index in [1.54, 1.807) is 0 Å². The molecule has 0 atom stereocenters. The van der Waals surface area contributed by atoms with E-state index in [0.717, 1.165) is 18.9 Å². The van der Waals surface area contributed by atoms with Crippen LogP contribution in [0, 0.1) is 5.82 Å². The van der Waals surface area contributed by atoms with Gasteiger partial charge in [0.1, 0.15) is 0 Å². The van der Waals surface area contributed by atoms with E-state index in [9.17, 15) is 17.6 Å². The third-order valence-electron chi connectivity index (χ3n) is 2.27. The van der Waals surface area contributed by atoms with Crippen molar-refractivity contribution in [3.63, 3.8) is 0 Å². The molecule has 0 aliphatic rings. The van der Waals surface area contributed by atoms with Crippen molar-refractivity contribution in [2.45, 2.75) is 32.4 Å². The van der Waals surface area contributed by atoms with Gasteiger partial charge in [-0.1, -0.05) is 25.8 Å². The molecule has 0 aliphatic carbocycles. The van der Waals surface area contributed by atoms with Gasteiger partial charge in [0.2, 0.25) is 0 Å². The molecule has 1 nitrogen and oxygen atoms in total. The van der Waals surface area contributed by atoms with Crippen molar-refractivity contribution < 1.29 is 22.3 Å². The molecule has 17 heavy (non-hydrogen) atoms. The first-order valence-corrected chi connectivity index (χ1v) is 5.45. The van der Waals surface area contributed by atoms with Crippen molar-refractivity contribution in [2.24, 2.45) is 0 Å². The Morgan fingerprint density at radius 2 is 1.88 bits per heavy atom. The lowest BCUT2D eigenvalue weighted by molar-refractivity contribution is -0.140. The third-order valence-corrected chi connectivity index (χ3v) is 2.27. The lowest BCUT2D eigenvalue weighted by atomic mass is 10.2. The van der Waals surface area contributed by atoms with Crippen LogP contribution in [0.25, 0.3) is 0 Å². The molecule has 0 aliphatic heterocycles. The van der Waals surface area contributed by atoms with E-state index in [-0.39, 0.29) is 12.4 Å². The van der Waals surface area contributed by atoms with Gasteiger partial charge < -0.3 is 4.74 Å². The normalized spacial score (nSPS) is 11.6. The molecular weight excluding hydrogens is 236 g/mol. The molecule has 0 bridgehead atoms. The maximum atomic E-state index is 13.4. The summed E-state index contributed by atoms with van der Waals surface area (Å²) in [5.74, 6) is -1.67. The SMILES string of the molecule is CCCCCOc1cccc(C(F)(F)F)c1F. The highest BCUT2D eigenvalue weighted by molar-refractivity contribution is 5.32. The molecule has 0 fully saturated rings. The van der Waals surface area contributed by atoms with E-state index < -0.39 is 17.6 Å². The van der Waals surface area contributed by atoms with E-state index >= 15 is 0 Å². The van der Waals surface area contributed by atoms with Crippen LogP contribution in [-0.2, 0) is 6.18 Å². The van der Waals surface area contributed by atoms with Crippen molar-refractivity contribution >= 4 is 0 Å². The Morgan fingerprint density at radius 1 is 1.18 bits per heavy atom. The van der Waals surface area contributed by atoms with Crippen LogP contribution in [0.5, 0.6) is 5.75 Å². The van der Waals surface area contributed by atoms with Crippen LogP contribution >= 0.6 is 0 Å². The predicted molar refractivity (Wildman–Crippen MR) is 56.4 cm³/mol. The fourth-order valence-corrected chi connectivity index (χ4v) is 1.38. The Balaban J connectivity index is 2.74. The van der Waals surface area contributed by atoms with Crippen LogP contribution < -0.4 is 4.74 Å². The summed E-state index contributed by atoms with van der Waals surface area (Å²) in [5.41, 5.74) is -1.29. The molecule has 0 spiro atoms. The summed E-state index contributed by atoms with van der Waals surface area (Å²) in [4.78, 5) is 0. The zero-order valence-corrected chi connectivity index (χ0v) is 9.48. The minimum atomic E-state index is -4.69. The van der Waals surface area contributed by atoms with Gasteiger partial charge in [-0.2, -0.15) is 13.2 Å². The minimum Gasteiger partial charge on any atom is -0.491 e. The lowest BCUT2D eigenvalue weighted by Crippen LogP contribution is -2.09. The number of hydrogen-bond acceptors (Lipinski definition) is 1. The van der Waals surface area contributed by atoms with Gasteiger partial charge in [0.05, 0.1) is 12.2 Å². The standard InChI is InChI=1S/C12H14F4O/c1-2-3-4-8-17-10-7-5-6-9(11(10)13)12(14,15)16/h5-7H,2-4,8H2,1H3. The summed E-state index contributed by atoms with van der Waals surface area (Å²) in [6.45, 7) is 2.22. The first-order valence-electron chi connectivity index (χ1n) is 5.45. The van der Waals surface area contributed by atoms with Gasteiger partial charge in [-0.15, -0.1) is 0 Å². The van der Waals surface area contributed by atoms with E-state index in [1.165, 1.54) is 6.07 Å². The van der Waals surface area contributed by atoms with Crippen LogP contribution in [0.4, 0.5) is 17.6 Å². The number of ether oxygens (including phenoxy) is 1. The maximum absolute atomic E-state index is 13.4. The van der Waals surface area contributed by atoms with Crippen molar-refractivity contribution in [2.75, 3.05) is 6.61 Å². The fraction of sp³-hybridized carbons (Fsp3) is 0.500. The molecule has 96 valence electrons. The molecule has 0 radical (unpaired) electrons. The smallest absolute Gasteiger partial charge is 0.419 e. The molecule has 0 aromatic heterocycles. The number of hydrogen-bond donors (Lipinski definition) is 0. The van der Waals surface area contributed by atoms with Crippen molar-refractivity contribution in [3.8, 4) is 5.75 Å². The second-order valence-electron chi connectivity index (χ2n) is 3.67. The van der Waals surface area contributed by atoms with Gasteiger partial charge in [0.15, 0.2) is 11.6 Å². The average Bonchev–Trinajstić information content (AvgIpc) is 2.25. The van der Waals surface area contributed by atoms with Crippen molar-refractivity contribution in [1.29, 1.82) is 0 Å². The average molecular weight is 250 g/mol. The molecule has 5 heteroatoms. The topological polar surface area (TPSA) is 9.23 Å². The monoisotopic (exact) mass is 250 g/mol. The third kappa shape index (κ3) is 3.91. The molecule has 0 amide bonds. The van der Waals surface area contributed by atoms with Gasteiger partial charge in [-0.05, 0) is 18.6 Å². The fourth-order valence-electron chi connectivity index (χ4n) is 1.38. The van der Waals surface area contributed by atoms with Gasteiger partial charge >= 0.3 is 6.18 Å². The summed E-state index contributed by atoms with van der Waals surface area (Å²) in [7, 11) is 0. The van der Waals surface area contributed by atoms with Crippen molar-refractivity contribution in [1.82, 2.24) is 0 Å². The number of benzene rings is 1. The lowest BCUT2D eigenvalue weighted by Gasteiger charge is -2.12. The highest BCUT2D eigenvalue weighted by Crippen LogP contribution is 2.34. The van der Waals surface area contributed by atoms with Gasteiger partial charge in [0, 0.05) is 0 Å². The molecule has 0 saturated heterocycles. The number of alkyl halides is 3. The molecule has 1 aromatic rings. The zero-order valence-electron chi connectivity index (χ0n) is 9.48. The van der Waals surface area contributed by atoms with E-state index in [0.29, 0.717) is 12.5 Å². The first-order chi connectivity index (χ1) is 7.96. The quantitative estimate of drug-likeness (QED) is 0.555.